The van der Waals surface area contributed by atoms with E-state index in [1.54, 1.807) is 11.5 Å². The molecule has 1 amide bonds. The maximum atomic E-state index is 11.4. The minimum absolute atomic E-state index is 0.291. The first-order valence-corrected chi connectivity index (χ1v) is 9.72. The third-order valence-corrected chi connectivity index (χ3v) is 5.44. The van der Waals surface area contributed by atoms with Gasteiger partial charge in [0.15, 0.2) is 11.5 Å². The number of nitrogens with one attached hydrogen (secondary N) is 2. The molecule has 0 saturated heterocycles. The summed E-state index contributed by atoms with van der Waals surface area (Å²) in [6.07, 6.45) is 2.87. The number of hydrogen-bond donors (Lipinski definition) is 3. The zero-order chi connectivity index (χ0) is 19.3. The van der Waals surface area contributed by atoms with Gasteiger partial charge < -0.3 is 14.8 Å². The molecular formula is C19H20N4O4S. The first-order chi connectivity index (χ1) is 13.7. The van der Waals surface area contributed by atoms with Crippen molar-refractivity contribution in [2.24, 2.45) is 0 Å². The lowest BCUT2D eigenvalue weighted by molar-refractivity contribution is 0.0711. The van der Waals surface area contributed by atoms with Crippen molar-refractivity contribution in [1.82, 2.24) is 20.6 Å². The molecule has 0 radical (unpaired) electrons. The monoisotopic (exact) mass is 400 g/mol. The summed E-state index contributed by atoms with van der Waals surface area (Å²) in [5.74, 6) is 1.09. The molecule has 3 aromatic rings. The van der Waals surface area contributed by atoms with Crippen molar-refractivity contribution in [1.29, 1.82) is 0 Å². The van der Waals surface area contributed by atoms with Gasteiger partial charge in [0.2, 0.25) is 6.79 Å². The highest BCUT2D eigenvalue weighted by atomic mass is 32.1. The summed E-state index contributed by atoms with van der Waals surface area (Å²) in [5, 5.41) is 16.7. The van der Waals surface area contributed by atoms with Crippen molar-refractivity contribution >= 4 is 17.2 Å². The SMILES string of the molecule is O=C(NO)c1ccc(-c2ccn(CCCNCc3ccc4c(c3)OCO4)n2)s1. The number of aryl methyl sites for hydroxylation is 1. The molecule has 9 heteroatoms. The number of ether oxygens (including phenoxy) is 2. The van der Waals surface area contributed by atoms with Gasteiger partial charge >= 0.3 is 0 Å². The smallest absolute Gasteiger partial charge is 0.284 e. The standard InChI is InChI=1S/C19H20N4O4S/c24-19(22-25)18-5-4-17(28-18)14-6-9-23(21-14)8-1-7-20-11-13-2-3-15-16(10-13)27-12-26-15/h2-6,9-10,20,25H,1,7-8,11-12H2,(H,22,24). The van der Waals surface area contributed by atoms with Crippen LogP contribution in [-0.4, -0.2) is 34.2 Å². The maximum Gasteiger partial charge on any atom is 0.284 e. The van der Waals surface area contributed by atoms with Gasteiger partial charge in [-0.3, -0.25) is 14.7 Å². The van der Waals surface area contributed by atoms with Crippen molar-refractivity contribution in [3.63, 3.8) is 0 Å². The molecule has 4 rings (SSSR count). The molecule has 1 aliphatic heterocycles. The Kier molecular flexibility index (Phi) is 5.56. The molecule has 0 bridgehead atoms. The number of rotatable bonds is 8. The highest BCUT2D eigenvalue weighted by Crippen LogP contribution is 2.32. The fraction of sp³-hybridized carbons (Fsp3) is 0.263. The number of hydrogen-bond acceptors (Lipinski definition) is 7. The van der Waals surface area contributed by atoms with Gasteiger partial charge in [-0.25, -0.2) is 5.48 Å². The van der Waals surface area contributed by atoms with Gasteiger partial charge in [0.25, 0.3) is 5.91 Å². The fourth-order valence-electron chi connectivity index (χ4n) is 2.92. The Bertz CT molecular complexity index is 969. The molecule has 1 aromatic carbocycles. The number of amides is 1. The lowest BCUT2D eigenvalue weighted by Gasteiger charge is -2.06. The van der Waals surface area contributed by atoms with Gasteiger partial charge in [0, 0.05) is 19.3 Å². The molecule has 2 aromatic heterocycles. The molecule has 0 spiro atoms. The molecule has 3 N–H and O–H groups in total. The number of carbonyl (C=O) groups excluding carboxylic acids is 1. The van der Waals surface area contributed by atoms with Gasteiger partial charge in [-0.15, -0.1) is 11.3 Å². The summed E-state index contributed by atoms with van der Waals surface area (Å²) in [6, 6.07) is 11.4. The van der Waals surface area contributed by atoms with Crippen molar-refractivity contribution in [2.75, 3.05) is 13.3 Å². The summed E-state index contributed by atoms with van der Waals surface area (Å²) in [6.45, 7) is 2.72. The van der Waals surface area contributed by atoms with Crippen LogP contribution in [0.1, 0.15) is 21.7 Å². The van der Waals surface area contributed by atoms with Crippen LogP contribution in [0.3, 0.4) is 0 Å². The minimum Gasteiger partial charge on any atom is -0.454 e. The predicted octanol–water partition coefficient (Wildman–Crippen LogP) is 2.64. The molecule has 0 atom stereocenters. The van der Waals surface area contributed by atoms with Crippen LogP contribution in [-0.2, 0) is 13.1 Å². The third kappa shape index (κ3) is 4.16. The average molecular weight is 400 g/mol. The summed E-state index contributed by atoms with van der Waals surface area (Å²) >= 11 is 1.29. The number of thiophene rings is 1. The molecule has 0 saturated carbocycles. The Labute approximate surface area is 165 Å². The van der Waals surface area contributed by atoms with Crippen molar-refractivity contribution in [3.8, 4) is 22.1 Å². The number of hydroxylamine groups is 1. The van der Waals surface area contributed by atoms with Crippen LogP contribution in [0, 0.1) is 0 Å². The minimum atomic E-state index is -0.510. The first kappa shape index (κ1) is 18.5. The Hall–Kier alpha value is -2.88. The molecule has 146 valence electrons. The van der Waals surface area contributed by atoms with E-state index in [4.69, 9.17) is 14.7 Å². The predicted molar refractivity (Wildman–Crippen MR) is 104 cm³/mol. The molecule has 3 heterocycles. The largest absolute Gasteiger partial charge is 0.454 e. The van der Waals surface area contributed by atoms with Crippen LogP contribution in [0.4, 0.5) is 0 Å². The van der Waals surface area contributed by atoms with E-state index in [2.05, 4.69) is 10.4 Å². The second-order valence-electron chi connectivity index (χ2n) is 6.29. The van der Waals surface area contributed by atoms with Crippen molar-refractivity contribution < 1.29 is 19.5 Å². The van der Waals surface area contributed by atoms with Crippen molar-refractivity contribution in [3.05, 3.63) is 53.0 Å². The van der Waals surface area contributed by atoms with E-state index in [0.717, 1.165) is 53.7 Å². The molecule has 0 aliphatic carbocycles. The summed E-state index contributed by atoms with van der Waals surface area (Å²) in [5.41, 5.74) is 3.61. The van der Waals surface area contributed by atoms with E-state index in [9.17, 15) is 4.79 Å². The van der Waals surface area contributed by atoms with Gasteiger partial charge in [0.1, 0.15) is 5.69 Å². The van der Waals surface area contributed by atoms with Crippen LogP contribution in [0.2, 0.25) is 0 Å². The molecule has 28 heavy (non-hydrogen) atoms. The van der Waals surface area contributed by atoms with E-state index < -0.39 is 5.91 Å². The molecule has 0 unspecified atom stereocenters. The molecular weight excluding hydrogens is 380 g/mol. The van der Waals surface area contributed by atoms with Crippen LogP contribution >= 0.6 is 11.3 Å². The summed E-state index contributed by atoms with van der Waals surface area (Å²) < 4.78 is 12.6. The third-order valence-electron chi connectivity index (χ3n) is 4.33. The van der Waals surface area contributed by atoms with E-state index in [1.165, 1.54) is 11.3 Å². The highest BCUT2D eigenvalue weighted by molar-refractivity contribution is 7.17. The van der Waals surface area contributed by atoms with Gasteiger partial charge in [0.05, 0.1) is 9.75 Å². The number of nitrogens with zero attached hydrogens (tertiary/aromatic N) is 2. The van der Waals surface area contributed by atoms with Crippen LogP contribution in [0.25, 0.3) is 10.6 Å². The highest BCUT2D eigenvalue weighted by Gasteiger charge is 2.13. The lowest BCUT2D eigenvalue weighted by atomic mass is 10.2. The zero-order valence-electron chi connectivity index (χ0n) is 15.1. The number of aromatic nitrogens is 2. The van der Waals surface area contributed by atoms with Crippen LogP contribution in [0.15, 0.2) is 42.6 Å². The van der Waals surface area contributed by atoms with Crippen LogP contribution < -0.4 is 20.3 Å². The van der Waals surface area contributed by atoms with E-state index in [0.29, 0.717) is 11.7 Å². The topological polar surface area (TPSA) is 97.6 Å². The maximum absolute atomic E-state index is 11.4. The second-order valence-corrected chi connectivity index (χ2v) is 7.37. The summed E-state index contributed by atoms with van der Waals surface area (Å²) in [7, 11) is 0. The Morgan fingerprint density at radius 2 is 2.11 bits per heavy atom. The lowest BCUT2D eigenvalue weighted by Crippen LogP contribution is -2.16. The normalized spacial score (nSPS) is 12.3. The first-order valence-electron chi connectivity index (χ1n) is 8.90. The Morgan fingerprint density at radius 1 is 1.21 bits per heavy atom. The van der Waals surface area contributed by atoms with E-state index >= 15 is 0 Å². The number of benzene rings is 1. The molecule has 0 fully saturated rings. The van der Waals surface area contributed by atoms with Crippen molar-refractivity contribution in [2.45, 2.75) is 19.5 Å². The Balaban J connectivity index is 1.23. The van der Waals surface area contributed by atoms with E-state index in [1.807, 2.05) is 41.2 Å². The van der Waals surface area contributed by atoms with Gasteiger partial charge in [-0.1, -0.05) is 6.07 Å². The number of fused-ring (bicyclic) bond motifs is 1. The fourth-order valence-corrected chi connectivity index (χ4v) is 3.78. The quantitative estimate of drug-likeness (QED) is 0.306. The second kappa shape index (κ2) is 8.42. The molecule has 1 aliphatic rings. The number of carbonyl (C=O) groups is 1. The molecule has 8 nitrogen and oxygen atoms in total. The van der Waals surface area contributed by atoms with Crippen LogP contribution in [0.5, 0.6) is 11.5 Å². The Morgan fingerprint density at radius 3 is 3.00 bits per heavy atom. The van der Waals surface area contributed by atoms with Gasteiger partial charge in [-0.05, 0) is 48.9 Å². The van der Waals surface area contributed by atoms with E-state index in [-0.39, 0.29) is 0 Å². The summed E-state index contributed by atoms with van der Waals surface area (Å²) in [4.78, 5) is 12.8. The average Bonchev–Trinajstić information content (AvgIpc) is 3.46. The zero-order valence-corrected chi connectivity index (χ0v) is 15.9. The van der Waals surface area contributed by atoms with Gasteiger partial charge in [-0.2, -0.15) is 5.10 Å².